The average molecular weight is 402 g/mol. The van der Waals surface area contributed by atoms with E-state index in [9.17, 15) is 0 Å². The van der Waals surface area contributed by atoms with Gasteiger partial charge in [-0.1, -0.05) is 50.3 Å². The van der Waals surface area contributed by atoms with Crippen LogP contribution < -0.4 is 5.73 Å². The summed E-state index contributed by atoms with van der Waals surface area (Å²) >= 11 is 0. The molecule has 30 heavy (non-hydrogen) atoms. The topological polar surface area (TPSA) is 70.8 Å². The zero-order valence-electron chi connectivity index (χ0n) is 18.4. The minimum atomic E-state index is 0.778. The number of aromatic amines is 1. The van der Waals surface area contributed by atoms with Gasteiger partial charge in [0.15, 0.2) is 0 Å². The van der Waals surface area contributed by atoms with Crippen LogP contribution in [-0.2, 0) is 0 Å². The molecule has 0 unspecified atom stereocenters. The summed E-state index contributed by atoms with van der Waals surface area (Å²) in [4.78, 5) is 6.71. The van der Waals surface area contributed by atoms with Gasteiger partial charge < -0.3 is 10.6 Å². The van der Waals surface area contributed by atoms with E-state index < -0.39 is 0 Å². The number of nitrogens with zero attached hydrogens (tertiary/aromatic N) is 3. The van der Waals surface area contributed by atoms with Crippen LogP contribution in [0.5, 0.6) is 0 Å². The number of rotatable bonds is 7. The average Bonchev–Trinajstić information content (AvgIpc) is 3.27. The molecule has 0 amide bonds. The van der Waals surface area contributed by atoms with E-state index in [0.29, 0.717) is 0 Å². The Morgan fingerprint density at radius 1 is 1.27 bits per heavy atom. The third kappa shape index (κ3) is 6.33. The second-order valence-electron chi connectivity index (χ2n) is 7.13. The summed E-state index contributed by atoms with van der Waals surface area (Å²) in [5.74, 6) is 0. The number of aromatic nitrogens is 3. The molecule has 2 heterocycles. The lowest BCUT2D eigenvalue weighted by Crippen LogP contribution is -2.02. The van der Waals surface area contributed by atoms with Gasteiger partial charge in [0.2, 0.25) is 0 Å². The van der Waals surface area contributed by atoms with Gasteiger partial charge in [-0.3, -0.25) is 5.10 Å². The third-order valence-corrected chi connectivity index (χ3v) is 4.38. The highest BCUT2D eigenvalue weighted by molar-refractivity contribution is 5.76. The normalized spacial score (nSPS) is 10.6. The van der Waals surface area contributed by atoms with Gasteiger partial charge in [-0.2, -0.15) is 5.10 Å². The largest absolute Gasteiger partial charge is 0.383 e. The van der Waals surface area contributed by atoms with E-state index in [2.05, 4.69) is 48.0 Å². The molecule has 0 atom stereocenters. The maximum atomic E-state index is 5.14. The van der Waals surface area contributed by atoms with Crippen LogP contribution in [0.15, 0.2) is 55.5 Å². The summed E-state index contributed by atoms with van der Waals surface area (Å²) in [5, 5.41) is 6.79. The number of unbranched alkanes of at least 4 members (excludes halogenated alkanes) is 1. The Balaban J connectivity index is 0.000000575. The molecule has 3 N–H and O–H groups in total. The lowest BCUT2D eigenvalue weighted by Gasteiger charge is -2.10. The number of nitrogens with one attached hydrogen (secondary N) is 1. The van der Waals surface area contributed by atoms with E-state index in [-0.39, 0.29) is 0 Å². The molecule has 0 aliphatic carbocycles. The SMILES string of the molecule is C=C/C(=C\N(C)C)c1cccc(-c2c#cc(-c3cn[nH]c3)c(C)n2)c1.CCCCN. The maximum Gasteiger partial charge on any atom is 0.121 e. The van der Waals surface area contributed by atoms with Crippen LogP contribution in [0, 0.1) is 19.1 Å². The van der Waals surface area contributed by atoms with Crippen molar-refractivity contribution in [3.63, 3.8) is 0 Å². The molecule has 0 aliphatic rings. The summed E-state index contributed by atoms with van der Waals surface area (Å²) in [6, 6.07) is 14.6. The molecule has 0 bridgehead atoms. The van der Waals surface area contributed by atoms with Gasteiger partial charge in [0, 0.05) is 37.6 Å². The highest BCUT2D eigenvalue weighted by Crippen LogP contribution is 2.25. The molecule has 5 heteroatoms. The summed E-state index contributed by atoms with van der Waals surface area (Å²) < 4.78 is 0. The van der Waals surface area contributed by atoms with Crippen LogP contribution in [0.4, 0.5) is 0 Å². The second kappa shape index (κ2) is 11.6. The van der Waals surface area contributed by atoms with Crippen LogP contribution in [0.25, 0.3) is 28.0 Å². The van der Waals surface area contributed by atoms with Crippen molar-refractivity contribution in [2.24, 2.45) is 5.73 Å². The number of allylic oxidation sites excluding steroid dienone is 2. The van der Waals surface area contributed by atoms with E-state index in [1.54, 1.807) is 6.20 Å². The minimum absolute atomic E-state index is 0.778. The first-order chi connectivity index (χ1) is 14.5. The zero-order valence-corrected chi connectivity index (χ0v) is 18.4. The molecule has 3 rings (SSSR count). The quantitative estimate of drug-likeness (QED) is 0.554. The summed E-state index contributed by atoms with van der Waals surface area (Å²) in [6.45, 7) is 8.86. The van der Waals surface area contributed by atoms with Crippen molar-refractivity contribution in [3.05, 3.63) is 78.9 Å². The molecule has 5 nitrogen and oxygen atoms in total. The summed E-state index contributed by atoms with van der Waals surface area (Å²) in [6.07, 6.45) is 9.88. The zero-order chi connectivity index (χ0) is 21.9. The Morgan fingerprint density at radius 3 is 2.60 bits per heavy atom. The first-order valence-corrected chi connectivity index (χ1v) is 10.1. The van der Waals surface area contributed by atoms with Crippen LogP contribution in [-0.4, -0.2) is 40.7 Å². The first-order valence-electron chi connectivity index (χ1n) is 10.1. The van der Waals surface area contributed by atoms with E-state index >= 15 is 0 Å². The van der Waals surface area contributed by atoms with Gasteiger partial charge in [-0.25, -0.2) is 4.98 Å². The molecule has 156 valence electrons. The fraction of sp³-hybridized carbons (Fsp3) is 0.280. The van der Waals surface area contributed by atoms with Crippen molar-refractivity contribution in [2.45, 2.75) is 26.7 Å². The molecule has 0 aliphatic heterocycles. The molecule has 1 aromatic carbocycles. The van der Waals surface area contributed by atoms with Gasteiger partial charge in [0.05, 0.1) is 17.5 Å². The molecule has 0 spiro atoms. The van der Waals surface area contributed by atoms with Gasteiger partial charge in [0.25, 0.3) is 0 Å². The van der Waals surface area contributed by atoms with E-state index in [1.807, 2.05) is 56.5 Å². The first kappa shape index (κ1) is 22.9. The highest BCUT2D eigenvalue weighted by atomic mass is 15.1. The van der Waals surface area contributed by atoms with Gasteiger partial charge >= 0.3 is 0 Å². The maximum absolute atomic E-state index is 5.14. The van der Waals surface area contributed by atoms with Gasteiger partial charge in [0.1, 0.15) is 5.69 Å². The predicted octanol–water partition coefficient (Wildman–Crippen LogP) is 4.88. The number of hydrogen-bond donors (Lipinski definition) is 2. The van der Waals surface area contributed by atoms with Gasteiger partial charge in [-0.05, 0) is 43.2 Å². The Labute approximate surface area is 180 Å². The van der Waals surface area contributed by atoms with Crippen LogP contribution >= 0.6 is 0 Å². The van der Waals surface area contributed by atoms with Crippen molar-refractivity contribution in [3.8, 4) is 22.4 Å². The van der Waals surface area contributed by atoms with E-state index in [1.165, 1.54) is 12.8 Å². The molecule has 0 saturated heterocycles. The van der Waals surface area contributed by atoms with Gasteiger partial charge in [-0.15, -0.1) is 0 Å². The molecular weight excluding hydrogens is 370 g/mol. The molecule has 0 saturated carbocycles. The van der Waals surface area contributed by atoms with E-state index in [4.69, 9.17) is 10.7 Å². The fourth-order valence-electron chi connectivity index (χ4n) is 2.84. The third-order valence-electron chi connectivity index (χ3n) is 4.38. The van der Waals surface area contributed by atoms with Crippen molar-refractivity contribution in [2.75, 3.05) is 20.6 Å². The van der Waals surface area contributed by atoms with Crippen molar-refractivity contribution in [1.82, 2.24) is 20.1 Å². The Bertz CT molecular complexity index is 953. The number of H-pyrrole nitrogens is 1. The summed E-state index contributed by atoms with van der Waals surface area (Å²) in [7, 11) is 3.99. The second-order valence-corrected chi connectivity index (χ2v) is 7.13. The van der Waals surface area contributed by atoms with Crippen molar-refractivity contribution >= 4 is 5.57 Å². The fourth-order valence-corrected chi connectivity index (χ4v) is 2.84. The Hall–Kier alpha value is -3.36. The van der Waals surface area contributed by atoms with Crippen molar-refractivity contribution < 1.29 is 0 Å². The Kier molecular flexibility index (Phi) is 8.86. The van der Waals surface area contributed by atoms with Crippen LogP contribution in [0.3, 0.4) is 0 Å². The smallest absolute Gasteiger partial charge is 0.121 e. The van der Waals surface area contributed by atoms with Crippen LogP contribution in [0.1, 0.15) is 31.0 Å². The monoisotopic (exact) mass is 401 g/mol. The molecule has 0 fully saturated rings. The molecule has 0 radical (unpaired) electrons. The number of nitrogens with two attached hydrogens (primary N) is 1. The number of benzene rings is 1. The summed E-state index contributed by atoms with van der Waals surface area (Å²) in [5.41, 5.74) is 11.8. The predicted molar refractivity (Wildman–Crippen MR) is 125 cm³/mol. The molecule has 3 aromatic rings. The lowest BCUT2D eigenvalue weighted by molar-refractivity contribution is 0.566. The molecule has 2 aromatic heterocycles. The minimum Gasteiger partial charge on any atom is -0.383 e. The van der Waals surface area contributed by atoms with Crippen LogP contribution in [0.2, 0.25) is 0 Å². The number of aryl methyl sites for hydroxylation is 1. The number of hydrogen-bond acceptors (Lipinski definition) is 4. The lowest BCUT2D eigenvalue weighted by atomic mass is 10.0. The standard InChI is InChI=1S/C21H20N4.C4H11N/c1-5-16(14-25(3)4)17-7-6-8-18(11-17)21-10-9-20(15(2)24-21)19-12-22-23-13-19;1-2-3-4-5/h5-8,11-14H,1H2,2-4H3,(H,22,23);2-5H2,1H3/b16-14+;. The molecular formula is C25H31N5. The highest BCUT2D eigenvalue weighted by Gasteiger charge is 2.08. The Morgan fingerprint density at radius 2 is 2.07 bits per heavy atom. The van der Waals surface area contributed by atoms with Crippen molar-refractivity contribution in [1.29, 1.82) is 0 Å². The van der Waals surface area contributed by atoms with E-state index in [0.717, 1.165) is 45.8 Å².